The van der Waals surface area contributed by atoms with Crippen LogP contribution in [0.25, 0.3) is 0 Å². The zero-order chi connectivity index (χ0) is 24.7. The standard InChI is InChI=1S/C28H27N5O3/c34-27-26(29-19-30-28(27)35)24(25-11-12-31-32-25)17-22-7-3-20(4-8-22)1-2-21-5-9-23(10-6-21)18-33-13-15-36-16-14-33/h3-12,19,24,34H,13-18H2,(H,31,32)(H,29,30,35). The summed E-state index contributed by atoms with van der Waals surface area (Å²) in [4.78, 5) is 20.9. The van der Waals surface area contributed by atoms with E-state index in [9.17, 15) is 9.90 Å². The van der Waals surface area contributed by atoms with Crippen LogP contribution >= 0.6 is 0 Å². The number of benzene rings is 2. The Labute approximate surface area is 209 Å². The van der Waals surface area contributed by atoms with Crippen molar-refractivity contribution in [3.05, 3.63) is 111 Å². The smallest absolute Gasteiger partial charge is 0.293 e. The third-order valence-electron chi connectivity index (χ3n) is 6.29. The molecular formula is C28H27N5O3. The van der Waals surface area contributed by atoms with E-state index in [0.29, 0.717) is 12.1 Å². The van der Waals surface area contributed by atoms with Crippen molar-refractivity contribution >= 4 is 0 Å². The first-order valence-electron chi connectivity index (χ1n) is 11.9. The van der Waals surface area contributed by atoms with Crippen LogP contribution in [0.15, 0.2) is 71.9 Å². The molecule has 1 unspecified atom stereocenters. The predicted octanol–water partition coefficient (Wildman–Crippen LogP) is 2.81. The Balaban J connectivity index is 1.27. The van der Waals surface area contributed by atoms with E-state index in [2.05, 4.69) is 61.2 Å². The van der Waals surface area contributed by atoms with Gasteiger partial charge in [-0.1, -0.05) is 36.1 Å². The normalized spacial score (nSPS) is 14.7. The number of nitrogens with zero attached hydrogens (tertiary/aromatic N) is 3. The second-order valence-corrected chi connectivity index (χ2v) is 8.77. The van der Waals surface area contributed by atoms with Gasteiger partial charge in [-0.3, -0.25) is 14.8 Å². The minimum atomic E-state index is -0.565. The molecule has 1 fully saturated rings. The highest BCUT2D eigenvalue weighted by atomic mass is 16.5. The van der Waals surface area contributed by atoms with Crippen LogP contribution in [-0.2, 0) is 17.7 Å². The third kappa shape index (κ3) is 5.71. The Hall–Kier alpha value is -4.19. The Kier molecular flexibility index (Phi) is 7.22. The molecule has 1 aliphatic heterocycles. The molecule has 3 N–H and O–H groups in total. The summed E-state index contributed by atoms with van der Waals surface area (Å²) >= 11 is 0. The van der Waals surface area contributed by atoms with Gasteiger partial charge in [0, 0.05) is 42.7 Å². The SMILES string of the molecule is O=c1[nH]cnc(C(Cc2ccc(C#Cc3ccc(CN4CCOCC4)cc3)cc2)c2ccn[nH]2)c1O. The van der Waals surface area contributed by atoms with Crippen LogP contribution in [0.4, 0.5) is 0 Å². The van der Waals surface area contributed by atoms with Crippen LogP contribution < -0.4 is 5.56 Å². The molecule has 4 aromatic rings. The van der Waals surface area contributed by atoms with Gasteiger partial charge in [0.05, 0.1) is 31.2 Å². The fraction of sp³-hybridized carbons (Fsp3) is 0.250. The monoisotopic (exact) mass is 481 g/mol. The van der Waals surface area contributed by atoms with Crippen LogP contribution in [0.5, 0.6) is 5.75 Å². The van der Waals surface area contributed by atoms with E-state index in [1.54, 1.807) is 6.20 Å². The lowest BCUT2D eigenvalue weighted by Gasteiger charge is -2.26. The lowest BCUT2D eigenvalue weighted by Crippen LogP contribution is -2.35. The molecule has 2 aromatic carbocycles. The number of hydrogen-bond donors (Lipinski definition) is 3. The molecule has 1 saturated heterocycles. The Morgan fingerprint density at radius 1 is 0.972 bits per heavy atom. The van der Waals surface area contributed by atoms with Crippen molar-refractivity contribution < 1.29 is 9.84 Å². The first-order chi connectivity index (χ1) is 17.7. The second-order valence-electron chi connectivity index (χ2n) is 8.77. The summed E-state index contributed by atoms with van der Waals surface area (Å²) in [7, 11) is 0. The third-order valence-corrected chi connectivity index (χ3v) is 6.29. The molecule has 1 atom stereocenters. The molecule has 0 aliphatic carbocycles. The van der Waals surface area contributed by atoms with Gasteiger partial charge < -0.3 is 14.8 Å². The molecule has 8 heteroatoms. The molecule has 0 radical (unpaired) electrons. The Morgan fingerprint density at radius 3 is 2.28 bits per heavy atom. The average Bonchev–Trinajstić information content (AvgIpc) is 3.45. The summed E-state index contributed by atoms with van der Waals surface area (Å²) in [6.07, 6.45) is 3.47. The summed E-state index contributed by atoms with van der Waals surface area (Å²) in [5.74, 6) is 5.74. The van der Waals surface area contributed by atoms with Crippen LogP contribution in [-0.4, -0.2) is 56.5 Å². The highest BCUT2D eigenvalue weighted by molar-refractivity contribution is 5.44. The molecule has 3 heterocycles. The number of nitrogens with one attached hydrogen (secondary N) is 2. The molecule has 0 spiro atoms. The van der Waals surface area contributed by atoms with Gasteiger partial charge in [-0.15, -0.1) is 0 Å². The van der Waals surface area contributed by atoms with E-state index in [-0.39, 0.29) is 11.7 Å². The topological polar surface area (TPSA) is 107 Å². The summed E-state index contributed by atoms with van der Waals surface area (Å²) < 4.78 is 5.41. The van der Waals surface area contributed by atoms with E-state index in [4.69, 9.17) is 4.74 Å². The fourth-order valence-electron chi connectivity index (χ4n) is 4.29. The molecule has 8 nitrogen and oxygen atoms in total. The largest absolute Gasteiger partial charge is 0.502 e. The van der Waals surface area contributed by atoms with E-state index in [1.165, 1.54) is 11.9 Å². The number of ether oxygens (including phenoxy) is 1. The first kappa shape index (κ1) is 23.5. The maximum atomic E-state index is 11.9. The predicted molar refractivity (Wildman–Crippen MR) is 136 cm³/mol. The lowest BCUT2D eigenvalue weighted by atomic mass is 9.92. The van der Waals surface area contributed by atoms with Crippen molar-refractivity contribution in [2.75, 3.05) is 26.3 Å². The van der Waals surface area contributed by atoms with Crippen molar-refractivity contribution in [3.63, 3.8) is 0 Å². The zero-order valence-electron chi connectivity index (χ0n) is 19.8. The van der Waals surface area contributed by atoms with Gasteiger partial charge in [0.1, 0.15) is 0 Å². The average molecular weight is 482 g/mol. The number of rotatable bonds is 6. The summed E-state index contributed by atoms with van der Waals surface area (Å²) in [6, 6.07) is 18.2. The maximum absolute atomic E-state index is 11.9. The van der Waals surface area contributed by atoms with Crippen molar-refractivity contribution in [1.82, 2.24) is 25.1 Å². The molecule has 182 valence electrons. The van der Waals surface area contributed by atoms with E-state index in [1.807, 2.05) is 30.3 Å². The Bertz CT molecular complexity index is 1390. The minimum absolute atomic E-state index is 0.309. The molecule has 36 heavy (non-hydrogen) atoms. The van der Waals surface area contributed by atoms with Gasteiger partial charge >= 0.3 is 0 Å². The number of hydrogen-bond acceptors (Lipinski definition) is 6. The van der Waals surface area contributed by atoms with Crippen molar-refractivity contribution in [2.45, 2.75) is 18.9 Å². The molecule has 5 rings (SSSR count). The van der Waals surface area contributed by atoms with Crippen LogP contribution in [0.2, 0.25) is 0 Å². The van der Waals surface area contributed by atoms with Crippen molar-refractivity contribution in [3.8, 4) is 17.6 Å². The van der Waals surface area contributed by atoms with Crippen LogP contribution in [0.3, 0.4) is 0 Å². The van der Waals surface area contributed by atoms with Crippen LogP contribution in [0, 0.1) is 11.8 Å². The number of aromatic hydroxyl groups is 1. The number of aromatic nitrogens is 4. The van der Waals surface area contributed by atoms with Gasteiger partial charge in [-0.25, -0.2) is 4.98 Å². The van der Waals surface area contributed by atoms with E-state index in [0.717, 1.165) is 55.2 Å². The maximum Gasteiger partial charge on any atom is 0.293 e. The molecular weight excluding hydrogens is 454 g/mol. The number of aromatic amines is 2. The van der Waals surface area contributed by atoms with Gasteiger partial charge in [0.25, 0.3) is 5.56 Å². The van der Waals surface area contributed by atoms with Gasteiger partial charge in [0.15, 0.2) is 0 Å². The van der Waals surface area contributed by atoms with E-state index >= 15 is 0 Å². The summed E-state index contributed by atoms with van der Waals surface area (Å²) in [6.45, 7) is 4.49. The lowest BCUT2D eigenvalue weighted by molar-refractivity contribution is 0.0342. The second kappa shape index (κ2) is 11.0. The molecule has 0 bridgehead atoms. The quantitative estimate of drug-likeness (QED) is 0.366. The highest BCUT2D eigenvalue weighted by Crippen LogP contribution is 2.29. The summed E-state index contributed by atoms with van der Waals surface area (Å²) in [5.41, 5.74) is 4.69. The zero-order valence-corrected chi connectivity index (χ0v) is 19.8. The Morgan fingerprint density at radius 2 is 1.64 bits per heavy atom. The fourth-order valence-corrected chi connectivity index (χ4v) is 4.29. The minimum Gasteiger partial charge on any atom is -0.502 e. The number of H-pyrrole nitrogens is 2. The highest BCUT2D eigenvalue weighted by Gasteiger charge is 2.23. The molecule has 2 aromatic heterocycles. The molecule has 0 saturated carbocycles. The van der Waals surface area contributed by atoms with Crippen molar-refractivity contribution in [1.29, 1.82) is 0 Å². The number of morpholine rings is 1. The summed E-state index contributed by atoms with van der Waals surface area (Å²) in [5, 5.41) is 17.3. The van der Waals surface area contributed by atoms with Gasteiger partial charge in [0.2, 0.25) is 5.75 Å². The van der Waals surface area contributed by atoms with E-state index < -0.39 is 5.56 Å². The first-order valence-corrected chi connectivity index (χ1v) is 11.9. The van der Waals surface area contributed by atoms with Gasteiger partial charge in [-0.2, -0.15) is 5.10 Å². The van der Waals surface area contributed by atoms with Crippen LogP contribution in [0.1, 0.15) is 39.6 Å². The van der Waals surface area contributed by atoms with Crippen molar-refractivity contribution in [2.24, 2.45) is 0 Å². The molecule has 0 amide bonds. The van der Waals surface area contributed by atoms with Gasteiger partial charge in [-0.05, 0) is 47.9 Å². The molecule has 1 aliphatic rings.